The normalized spacial score (nSPS) is 29.4. The van der Waals surface area contributed by atoms with E-state index in [4.69, 9.17) is 4.55 Å². The minimum absolute atomic E-state index is 0.162. The largest absolute Gasteiger partial charge is 0.464 e. The first kappa shape index (κ1) is 23.2. The quantitative estimate of drug-likeness (QED) is 0.386. The van der Waals surface area contributed by atoms with E-state index in [2.05, 4.69) is 4.74 Å². The van der Waals surface area contributed by atoms with Crippen LogP contribution in [0.5, 0.6) is 0 Å². The molecule has 6 nitrogen and oxygen atoms in total. The van der Waals surface area contributed by atoms with E-state index in [0.29, 0.717) is 0 Å². The number of halogens is 6. The Bertz CT molecular complexity index is 675. The first-order chi connectivity index (χ1) is 12.5. The van der Waals surface area contributed by atoms with Crippen molar-refractivity contribution in [1.82, 2.24) is 0 Å². The number of ether oxygens (including phenoxy) is 1. The van der Waals surface area contributed by atoms with Crippen molar-refractivity contribution in [2.45, 2.75) is 67.6 Å². The third-order valence-electron chi connectivity index (χ3n) is 5.50. The van der Waals surface area contributed by atoms with Crippen molar-refractivity contribution < 1.29 is 54.0 Å². The van der Waals surface area contributed by atoms with Crippen LogP contribution in [-0.2, 0) is 19.6 Å². The molecule has 28 heavy (non-hydrogen) atoms. The topological polar surface area (TPSA) is 101 Å². The van der Waals surface area contributed by atoms with Crippen molar-refractivity contribution in [3.05, 3.63) is 0 Å². The minimum Gasteiger partial charge on any atom is -0.464 e. The van der Waals surface area contributed by atoms with Crippen LogP contribution in [0, 0.1) is 11.8 Å². The number of esters is 1. The van der Waals surface area contributed by atoms with Crippen LogP contribution in [0.15, 0.2) is 0 Å². The maximum atomic E-state index is 13.0. The van der Waals surface area contributed by atoms with Gasteiger partial charge >= 0.3 is 33.2 Å². The van der Waals surface area contributed by atoms with Gasteiger partial charge in [-0.2, -0.15) is 34.8 Å². The molecular weight excluding hydrogens is 422 g/mol. The Labute approximate surface area is 157 Å². The summed E-state index contributed by atoms with van der Waals surface area (Å²) in [5.74, 6) is -2.87. The molecule has 0 heterocycles. The molecule has 0 radical (unpaired) electrons. The van der Waals surface area contributed by atoms with Crippen LogP contribution < -0.4 is 0 Å². The van der Waals surface area contributed by atoms with Crippen molar-refractivity contribution in [3.8, 4) is 0 Å². The Kier molecular flexibility index (Phi) is 6.06. The highest BCUT2D eigenvalue weighted by Crippen LogP contribution is 2.49. The number of alkyl halides is 6. The van der Waals surface area contributed by atoms with Gasteiger partial charge in [0.1, 0.15) is 0 Å². The summed E-state index contributed by atoms with van der Waals surface area (Å²) in [5, 5.41) is 10.6. The zero-order chi connectivity index (χ0) is 21.6. The number of hydrogen-bond donors (Lipinski definition) is 2. The van der Waals surface area contributed by atoms with E-state index in [1.54, 1.807) is 0 Å². The molecule has 2 aliphatic rings. The van der Waals surface area contributed by atoms with Gasteiger partial charge in [-0.3, -0.25) is 4.55 Å². The van der Waals surface area contributed by atoms with Gasteiger partial charge in [0, 0.05) is 6.42 Å². The van der Waals surface area contributed by atoms with Crippen LogP contribution >= 0.6 is 0 Å². The van der Waals surface area contributed by atoms with Gasteiger partial charge in [0.05, 0.1) is 12.2 Å². The molecule has 0 aromatic heterocycles. The fourth-order valence-electron chi connectivity index (χ4n) is 4.36. The summed E-state index contributed by atoms with van der Waals surface area (Å²) in [6, 6.07) is 0. The monoisotopic (exact) mass is 442 g/mol. The molecule has 2 N–H and O–H groups in total. The molecule has 2 fully saturated rings. The van der Waals surface area contributed by atoms with Gasteiger partial charge in [-0.1, -0.05) is 19.3 Å². The Morgan fingerprint density at radius 2 is 1.50 bits per heavy atom. The molecule has 13 heteroatoms. The summed E-state index contributed by atoms with van der Waals surface area (Å²) in [6.07, 6.45) is -9.82. The van der Waals surface area contributed by atoms with E-state index in [1.807, 2.05) is 0 Å². The highest BCUT2D eigenvalue weighted by molar-refractivity contribution is 7.88. The van der Waals surface area contributed by atoms with Gasteiger partial charge in [0.15, 0.2) is 0 Å². The van der Waals surface area contributed by atoms with Gasteiger partial charge in [-0.25, -0.2) is 4.79 Å². The van der Waals surface area contributed by atoms with Crippen LogP contribution in [0.4, 0.5) is 26.3 Å². The molecule has 2 bridgehead atoms. The van der Waals surface area contributed by atoms with Crippen LogP contribution in [0.25, 0.3) is 0 Å². The van der Waals surface area contributed by atoms with Crippen LogP contribution in [0.3, 0.4) is 0 Å². The van der Waals surface area contributed by atoms with E-state index in [0.717, 1.165) is 25.7 Å². The smallest absolute Gasteiger partial charge is 0.430 e. The molecule has 2 atom stereocenters. The zero-order valence-corrected chi connectivity index (χ0v) is 15.3. The maximum absolute atomic E-state index is 13.0. The van der Waals surface area contributed by atoms with E-state index in [1.165, 1.54) is 0 Å². The number of aliphatic hydroxyl groups is 1. The lowest BCUT2D eigenvalue weighted by atomic mass is 9.65. The SMILES string of the molecule is O=C(OCCC1(O)CC2CCCC(C2)C1)C(C(F)(F)F)(C(F)(F)F)S(=O)(=O)O. The van der Waals surface area contributed by atoms with Crippen LogP contribution in [0.1, 0.15) is 44.9 Å². The van der Waals surface area contributed by atoms with Gasteiger partial charge in [-0.05, 0) is 31.1 Å². The summed E-state index contributed by atoms with van der Waals surface area (Å²) in [5.41, 5.74) is -1.43. The minimum atomic E-state index is -7.01. The fraction of sp³-hybridized carbons (Fsp3) is 0.933. The van der Waals surface area contributed by atoms with Crippen molar-refractivity contribution in [2.75, 3.05) is 6.61 Å². The lowest BCUT2D eigenvalue weighted by Crippen LogP contribution is -2.67. The second kappa shape index (κ2) is 7.31. The zero-order valence-electron chi connectivity index (χ0n) is 14.5. The number of carbonyl (C=O) groups is 1. The lowest BCUT2D eigenvalue weighted by molar-refractivity contribution is -0.268. The van der Waals surface area contributed by atoms with Crippen molar-refractivity contribution in [1.29, 1.82) is 0 Å². The Morgan fingerprint density at radius 3 is 1.89 bits per heavy atom. The molecule has 2 unspecified atom stereocenters. The van der Waals surface area contributed by atoms with E-state index in [9.17, 15) is 44.7 Å². The highest BCUT2D eigenvalue weighted by atomic mass is 32.2. The molecule has 164 valence electrons. The lowest BCUT2D eigenvalue weighted by Gasteiger charge is -2.44. The molecule has 2 rings (SSSR count). The predicted molar refractivity (Wildman–Crippen MR) is 81.6 cm³/mol. The van der Waals surface area contributed by atoms with Crippen LogP contribution in [-0.4, -0.2) is 53.4 Å². The van der Waals surface area contributed by atoms with E-state index >= 15 is 0 Å². The first-order valence-corrected chi connectivity index (χ1v) is 9.97. The van der Waals surface area contributed by atoms with Crippen LogP contribution in [0.2, 0.25) is 0 Å². The molecular formula is C15H20F6O6S. The molecule has 0 saturated heterocycles. The molecule has 0 amide bonds. The van der Waals surface area contributed by atoms with Gasteiger partial charge < -0.3 is 9.84 Å². The molecule has 2 aliphatic carbocycles. The number of fused-ring (bicyclic) bond motifs is 2. The second-order valence-electron chi connectivity index (χ2n) is 7.57. The highest BCUT2D eigenvalue weighted by Gasteiger charge is 2.84. The average molecular weight is 442 g/mol. The van der Waals surface area contributed by atoms with Crippen molar-refractivity contribution >= 4 is 16.1 Å². The molecule has 0 aliphatic heterocycles. The van der Waals surface area contributed by atoms with Gasteiger partial charge in [0.25, 0.3) is 0 Å². The molecule has 2 saturated carbocycles. The van der Waals surface area contributed by atoms with Crippen molar-refractivity contribution in [2.24, 2.45) is 11.8 Å². The summed E-state index contributed by atoms with van der Waals surface area (Å²) in [6.45, 7) is -1.06. The fourth-order valence-corrected chi connectivity index (χ4v) is 5.22. The van der Waals surface area contributed by atoms with Gasteiger partial charge in [-0.15, -0.1) is 0 Å². The standard InChI is InChI=1S/C15H20F6O6S/c16-14(17,18)13(15(19,20)21,28(24,25)26)11(22)27-5-4-12(23)7-9-2-1-3-10(6-9)8-12/h9-10,23H,1-8H2,(H,24,25,26). The predicted octanol–water partition coefficient (Wildman–Crippen LogP) is 3.00. The third kappa shape index (κ3) is 4.11. The Morgan fingerprint density at radius 1 is 1.04 bits per heavy atom. The summed E-state index contributed by atoms with van der Waals surface area (Å²) in [7, 11) is -7.01. The Balaban J connectivity index is 2.17. The number of rotatable bonds is 5. The third-order valence-corrected chi connectivity index (χ3v) is 6.91. The molecule has 0 aromatic rings. The number of carbonyl (C=O) groups excluding carboxylic acids is 1. The second-order valence-corrected chi connectivity index (χ2v) is 9.13. The number of hydrogen-bond acceptors (Lipinski definition) is 5. The molecule has 0 spiro atoms. The summed E-state index contributed by atoms with van der Waals surface area (Å²) >= 11 is 0. The molecule has 0 aromatic carbocycles. The summed E-state index contributed by atoms with van der Waals surface area (Å²) < 4.78 is 107. The first-order valence-electron chi connectivity index (χ1n) is 8.53. The van der Waals surface area contributed by atoms with E-state index < -0.39 is 51.8 Å². The van der Waals surface area contributed by atoms with Gasteiger partial charge in [0.2, 0.25) is 0 Å². The van der Waals surface area contributed by atoms with E-state index in [-0.39, 0.29) is 24.7 Å². The Hall–Kier alpha value is -1.08. The summed E-state index contributed by atoms with van der Waals surface area (Å²) in [4.78, 5) is 11.7. The maximum Gasteiger partial charge on any atom is 0.430 e. The average Bonchev–Trinajstić information content (AvgIpc) is 2.41. The van der Waals surface area contributed by atoms with Crippen molar-refractivity contribution in [3.63, 3.8) is 0 Å².